The summed E-state index contributed by atoms with van der Waals surface area (Å²) in [6, 6.07) is -0.904. The molecule has 0 heterocycles. The molecule has 0 bridgehead atoms. The highest BCUT2D eigenvalue weighted by Gasteiger charge is 2.23. The predicted octanol–water partition coefficient (Wildman–Crippen LogP) is 11.3. The molecule has 0 saturated carbocycles. The number of rotatable bonds is 39. The number of phosphoric acid groups is 1. The second-order valence-corrected chi connectivity index (χ2v) is 17.4. The van der Waals surface area contributed by atoms with Gasteiger partial charge in [-0.15, -0.1) is 0 Å². The van der Waals surface area contributed by atoms with Gasteiger partial charge in [0.1, 0.15) is 13.2 Å². The first kappa shape index (κ1) is 51.7. The number of phosphoric ester groups is 1. The summed E-state index contributed by atoms with van der Waals surface area (Å²) in [5, 5.41) is 13.7. The molecule has 312 valence electrons. The van der Waals surface area contributed by atoms with Crippen LogP contribution in [0.25, 0.3) is 0 Å². The number of allylic oxidation sites excluding steroid dienone is 5. The Morgan fingerprint density at radius 3 is 1.51 bits per heavy atom. The van der Waals surface area contributed by atoms with Crippen LogP contribution in [-0.4, -0.2) is 68.5 Å². The average molecular weight is 769 g/mol. The molecule has 0 radical (unpaired) electrons. The summed E-state index contributed by atoms with van der Waals surface area (Å²) >= 11 is 0. The van der Waals surface area contributed by atoms with Gasteiger partial charge in [0.05, 0.1) is 39.9 Å². The fourth-order valence-electron chi connectivity index (χ4n) is 6.13. The normalized spacial score (nSPS) is 14.8. The minimum Gasteiger partial charge on any atom is -0.756 e. The molecule has 2 N–H and O–H groups in total. The lowest BCUT2D eigenvalue weighted by atomic mass is 10.0. The standard InChI is InChI=1S/C44H85N2O6P/c1-6-8-10-12-14-16-18-19-20-21-22-23-24-25-26-27-28-30-32-34-36-38-44(48)45-42(41-52-53(49,50)51-40-39-46(3,4)5)43(47)37-35-33-31-29-17-15-13-11-9-7-2/h9,11,17,29,35,37,42-43,47H,6-8,10,12-16,18-28,30-34,36,38-41H2,1-5H3,(H-,45,48,49,50)/b11-9+,29-17+,37-35+. The number of aliphatic hydroxyl groups is 1. The first-order chi connectivity index (χ1) is 25.5. The van der Waals surface area contributed by atoms with Crippen molar-refractivity contribution in [3.05, 3.63) is 36.5 Å². The van der Waals surface area contributed by atoms with Crippen LogP contribution in [0.1, 0.15) is 187 Å². The quantitative estimate of drug-likeness (QED) is 0.0279. The van der Waals surface area contributed by atoms with Gasteiger partial charge < -0.3 is 28.8 Å². The molecule has 0 aromatic heterocycles. The van der Waals surface area contributed by atoms with Crippen LogP contribution in [0.4, 0.5) is 0 Å². The number of nitrogens with zero attached hydrogens (tertiary/aromatic N) is 1. The molecule has 0 fully saturated rings. The third-order valence-electron chi connectivity index (χ3n) is 9.59. The van der Waals surface area contributed by atoms with Crippen molar-refractivity contribution in [2.24, 2.45) is 0 Å². The zero-order chi connectivity index (χ0) is 39.3. The Labute approximate surface area is 327 Å². The summed E-state index contributed by atoms with van der Waals surface area (Å²) < 4.78 is 23.1. The molecule has 9 heteroatoms. The number of carbonyl (C=O) groups excluding carboxylic acids is 1. The SMILES string of the molecule is CC/C=C/CC/C=C/CC/C=C/C(O)C(COP(=O)([O-])OCC[N+](C)(C)C)NC(=O)CCCCCCCCCCCCCCCCCCCCCCC. The van der Waals surface area contributed by atoms with Gasteiger partial charge in [0.15, 0.2) is 0 Å². The number of hydrogen-bond donors (Lipinski definition) is 2. The molecule has 1 amide bonds. The van der Waals surface area contributed by atoms with Crippen LogP contribution < -0.4 is 10.2 Å². The number of amides is 1. The first-order valence-corrected chi connectivity index (χ1v) is 23.3. The van der Waals surface area contributed by atoms with Gasteiger partial charge in [0.2, 0.25) is 5.91 Å². The molecule has 0 spiro atoms. The summed E-state index contributed by atoms with van der Waals surface area (Å²) in [4.78, 5) is 25.2. The highest BCUT2D eigenvalue weighted by Crippen LogP contribution is 2.38. The smallest absolute Gasteiger partial charge is 0.268 e. The number of hydrogen-bond acceptors (Lipinski definition) is 6. The Balaban J connectivity index is 4.28. The van der Waals surface area contributed by atoms with Crippen molar-refractivity contribution in [2.75, 3.05) is 40.9 Å². The Kier molecular flexibility index (Phi) is 35.5. The molecule has 0 rings (SSSR count). The maximum Gasteiger partial charge on any atom is 0.268 e. The van der Waals surface area contributed by atoms with Crippen molar-refractivity contribution in [3.63, 3.8) is 0 Å². The van der Waals surface area contributed by atoms with Gasteiger partial charge in [-0.25, -0.2) is 0 Å². The lowest BCUT2D eigenvalue weighted by molar-refractivity contribution is -0.870. The van der Waals surface area contributed by atoms with Gasteiger partial charge in [-0.05, 0) is 38.5 Å². The Bertz CT molecular complexity index is 964. The van der Waals surface area contributed by atoms with E-state index >= 15 is 0 Å². The van der Waals surface area contributed by atoms with E-state index < -0.39 is 26.6 Å². The average Bonchev–Trinajstić information content (AvgIpc) is 3.10. The Hall–Kier alpha value is -1.28. The van der Waals surface area contributed by atoms with Gasteiger partial charge in [-0.3, -0.25) is 9.36 Å². The van der Waals surface area contributed by atoms with Gasteiger partial charge in [-0.2, -0.15) is 0 Å². The molecule has 0 aliphatic heterocycles. The number of unbranched alkanes of at least 4 members (excludes halogenated alkanes) is 22. The van der Waals surface area contributed by atoms with E-state index in [1.54, 1.807) is 6.08 Å². The van der Waals surface area contributed by atoms with Crippen molar-refractivity contribution < 1.29 is 32.9 Å². The third-order valence-corrected chi connectivity index (χ3v) is 10.6. The number of nitrogens with one attached hydrogen (secondary N) is 1. The molecule has 0 aliphatic rings. The lowest BCUT2D eigenvalue weighted by Gasteiger charge is -2.29. The molecule has 3 unspecified atom stereocenters. The van der Waals surface area contributed by atoms with Crippen molar-refractivity contribution in [2.45, 2.75) is 199 Å². The van der Waals surface area contributed by atoms with Crippen LogP contribution in [0.5, 0.6) is 0 Å². The molecule has 0 aromatic rings. The minimum absolute atomic E-state index is 0.00829. The molecule has 0 aliphatic carbocycles. The number of quaternary nitrogens is 1. The fourth-order valence-corrected chi connectivity index (χ4v) is 6.86. The summed E-state index contributed by atoms with van der Waals surface area (Å²) in [7, 11) is 1.23. The minimum atomic E-state index is -4.59. The van der Waals surface area contributed by atoms with Crippen molar-refractivity contribution in [1.82, 2.24) is 5.32 Å². The van der Waals surface area contributed by atoms with Crippen LogP contribution in [0.2, 0.25) is 0 Å². The van der Waals surface area contributed by atoms with Gasteiger partial charge in [0.25, 0.3) is 7.82 Å². The van der Waals surface area contributed by atoms with E-state index in [2.05, 4.69) is 43.5 Å². The van der Waals surface area contributed by atoms with Crippen LogP contribution in [0.3, 0.4) is 0 Å². The Morgan fingerprint density at radius 1 is 0.660 bits per heavy atom. The van der Waals surface area contributed by atoms with Gasteiger partial charge in [-0.1, -0.05) is 179 Å². The summed E-state index contributed by atoms with van der Waals surface area (Å²) in [6.07, 6.45) is 43.5. The van der Waals surface area contributed by atoms with Crippen LogP contribution >= 0.6 is 7.82 Å². The van der Waals surface area contributed by atoms with Crippen LogP contribution in [0.15, 0.2) is 36.5 Å². The predicted molar refractivity (Wildman–Crippen MR) is 224 cm³/mol. The number of aliphatic hydroxyl groups excluding tert-OH is 1. The van der Waals surface area contributed by atoms with Crippen LogP contribution in [0, 0.1) is 0 Å². The third kappa shape index (κ3) is 38.8. The van der Waals surface area contributed by atoms with Crippen LogP contribution in [-0.2, 0) is 18.4 Å². The molecule has 0 saturated heterocycles. The Morgan fingerprint density at radius 2 is 1.08 bits per heavy atom. The zero-order valence-electron chi connectivity index (χ0n) is 35.2. The fraction of sp³-hybridized carbons (Fsp3) is 0.841. The number of likely N-dealkylation sites (N-methyl/N-ethyl adjacent to an activating group) is 1. The van der Waals surface area contributed by atoms with E-state index in [1.165, 1.54) is 116 Å². The van der Waals surface area contributed by atoms with E-state index in [9.17, 15) is 19.4 Å². The molecule has 0 aromatic carbocycles. The summed E-state index contributed by atoms with van der Waals surface area (Å²) in [5.74, 6) is -0.212. The van der Waals surface area contributed by atoms with Crippen molar-refractivity contribution in [1.29, 1.82) is 0 Å². The van der Waals surface area contributed by atoms with Gasteiger partial charge in [0, 0.05) is 6.42 Å². The largest absolute Gasteiger partial charge is 0.756 e. The van der Waals surface area contributed by atoms with E-state index in [1.807, 2.05) is 27.2 Å². The van der Waals surface area contributed by atoms with Gasteiger partial charge >= 0.3 is 0 Å². The topological polar surface area (TPSA) is 108 Å². The highest BCUT2D eigenvalue weighted by atomic mass is 31.2. The molecular weight excluding hydrogens is 683 g/mol. The van der Waals surface area contributed by atoms with E-state index in [0.717, 1.165) is 51.4 Å². The number of carbonyl (C=O) groups is 1. The van der Waals surface area contributed by atoms with E-state index in [-0.39, 0.29) is 12.5 Å². The molecule has 53 heavy (non-hydrogen) atoms. The second kappa shape index (κ2) is 36.4. The lowest BCUT2D eigenvalue weighted by Crippen LogP contribution is -2.45. The highest BCUT2D eigenvalue weighted by molar-refractivity contribution is 7.45. The maximum absolute atomic E-state index is 12.8. The zero-order valence-corrected chi connectivity index (χ0v) is 36.1. The monoisotopic (exact) mass is 769 g/mol. The second-order valence-electron chi connectivity index (χ2n) is 16.0. The summed E-state index contributed by atoms with van der Waals surface area (Å²) in [6.45, 7) is 4.49. The molecule has 3 atom stereocenters. The molecular formula is C44H85N2O6P. The van der Waals surface area contributed by atoms with Crippen molar-refractivity contribution >= 4 is 13.7 Å². The van der Waals surface area contributed by atoms with E-state index in [0.29, 0.717) is 17.4 Å². The maximum atomic E-state index is 12.8. The van der Waals surface area contributed by atoms with E-state index in [4.69, 9.17) is 9.05 Å². The molecule has 8 nitrogen and oxygen atoms in total. The van der Waals surface area contributed by atoms with Crippen molar-refractivity contribution in [3.8, 4) is 0 Å². The first-order valence-electron chi connectivity index (χ1n) is 21.9. The summed E-state index contributed by atoms with van der Waals surface area (Å²) in [5.41, 5.74) is 0.